The summed E-state index contributed by atoms with van der Waals surface area (Å²) < 4.78 is 0. The van der Waals surface area contributed by atoms with E-state index >= 15 is 0 Å². The number of rotatable bonds is 0. The molecule has 0 unspecified atom stereocenters. The number of fused-ring (bicyclic) bond motifs is 5. The van der Waals surface area contributed by atoms with Gasteiger partial charge in [0.1, 0.15) is 0 Å². The summed E-state index contributed by atoms with van der Waals surface area (Å²) in [6.07, 6.45) is 0. The van der Waals surface area contributed by atoms with Gasteiger partial charge in [-0.15, -0.1) is 0 Å². The molecule has 0 fully saturated rings. The summed E-state index contributed by atoms with van der Waals surface area (Å²) >= 11 is 0. The van der Waals surface area contributed by atoms with E-state index < -0.39 is 0 Å². The Kier molecular flexibility index (Phi) is 8.18. The molecule has 0 heterocycles. The van der Waals surface area contributed by atoms with Crippen LogP contribution in [0.3, 0.4) is 0 Å². The van der Waals surface area contributed by atoms with Crippen molar-refractivity contribution < 1.29 is 0 Å². The van der Waals surface area contributed by atoms with Gasteiger partial charge in [-0.05, 0) is 129 Å². The van der Waals surface area contributed by atoms with Gasteiger partial charge in [-0.3, -0.25) is 0 Å². The van der Waals surface area contributed by atoms with Crippen LogP contribution in [0.2, 0.25) is 0 Å². The van der Waals surface area contributed by atoms with Crippen LogP contribution in [0.5, 0.6) is 0 Å². The van der Waals surface area contributed by atoms with E-state index in [2.05, 4.69) is 175 Å². The van der Waals surface area contributed by atoms with Crippen molar-refractivity contribution in [1.29, 1.82) is 0 Å². The summed E-state index contributed by atoms with van der Waals surface area (Å²) in [5.74, 6) is 0. The molecule has 0 saturated heterocycles. The molecule has 0 amide bonds. The second kappa shape index (κ2) is 12.3. The Balaban J connectivity index is 0.000000118. The minimum Gasteiger partial charge on any atom is -0.0616 e. The topological polar surface area (TPSA) is 0 Å². The van der Waals surface area contributed by atoms with Gasteiger partial charge in [0.05, 0.1) is 0 Å². The van der Waals surface area contributed by atoms with Crippen molar-refractivity contribution in [3.63, 3.8) is 0 Å². The fraction of sp³-hybridized carbons (Fsp3) is 0.136. The molecular weight excluding hydrogens is 528 g/mol. The molecule has 0 atom stereocenters. The minimum absolute atomic E-state index is 1.36. The van der Waals surface area contributed by atoms with Crippen LogP contribution in [0.25, 0.3) is 53.9 Å². The van der Waals surface area contributed by atoms with Gasteiger partial charge < -0.3 is 0 Å². The molecule has 0 aliphatic carbocycles. The van der Waals surface area contributed by atoms with Crippen LogP contribution in [0.4, 0.5) is 0 Å². The predicted octanol–water partition coefficient (Wildman–Crippen LogP) is 12.7. The van der Waals surface area contributed by atoms with Crippen LogP contribution in [-0.4, -0.2) is 0 Å². The molecule has 8 aromatic carbocycles. The molecular formula is C44H40. The van der Waals surface area contributed by atoms with Crippen LogP contribution < -0.4 is 0 Å². The van der Waals surface area contributed by atoms with Gasteiger partial charge in [-0.2, -0.15) is 0 Å². The Morgan fingerprint density at radius 3 is 0.545 bits per heavy atom. The molecule has 216 valence electrons. The van der Waals surface area contributed by atoms with E-state index in [0.717, 1.165) is 0 Å². The molecule has 0 nitrogen and oxygen atoms in total. The Morgan fingerprint density at radius 1 is 0.205 bits per heavy atom. The zero-order chi connectivity index (χ0) is 30.8. The SMILES string of the molecule is Cc1c2ccccc2c(C)c2ccccc12.Cc1c2ccccc2c(C)c2ccccc12.Cc1ccc(C)c2ccccc12. The fourth-order valence-electron chi connectivity index (χ4n) is 6.73. The first-order chi connectivity index (χ1) is 21.4. The van der Waals surface area contributed by atoms with E-state index in [1.54, 1.807) is 0 Å². The Morgan fingerprint density at radius 2 is 0.364 bits per heavy atom. The maximum atomic E-state index is 2.21. The van der Waals surface area contributed by atoms with Crippen molar-refractivity contribution in [3.8, 4) is 0 Å². The summed E-state index contributed by atoms with van der Waals surface area (Å²) in [6, 6.07) is 47.5. The molecule has 8 rings (SSSR count). The van der Waals surface area contributed by atoms with Crippen molar-refractivity contribution in [2.75, 3.05) is 0 Å². The van der Waals surface area contributed by atoms with Gasteiger partial charge in [0.15, 0.2) is 0 Å². The van der Waals surface area contributed by atoms with Crippen molar-refractivity contribution in [3.05, 3.63) is 167 Å². The number of hydrogen-bond donors (Lipinski definition) is 0. The van der Waals surface area contributed by atoms with Crippen LogP contribution in [0.15, 0.2) is 133 Å². The van der Waals surface area contributed by atoms with Gasteiger partial charge in [-0.1, -0.05) is 133 Å². The summed E-state index contributed by atoms with van der Waals surface area (Å²) in [6.45, 7) is 13.2. The van der Waals surface area contributed by atoms with Crippen LogP contribution in [0, 0.1) is 41.5 Å². The maximum absolute atomic E-state index is 2.21. The van der Waals surface area contributed by atoms with Crippen molar-refractivity contribution in [2.24, 2.45) is 0 Å². The van der Waals surface area contributed by atoms with Gasteiger partial charge in [0.2, 0.25) is 0 Å². The highest BCUT2D eigenvalue weighted by atomic mass is 14.1. The zero-order valence-electron chi connectivity index (χ0n) is 26.7. The molecule has 0 spiro atoms. The normalized spacial score (nSPS) is 11.0. The molecule has 0 N–H and O–H groups in total. The standard InChI is InChI=1S/2C16H14.C12H12/c2*1-11-13-7-3-5-9-15(13)12(2)16-10-6-4-8-14(11)16;1-9-7-8-10(2)12-6-4-3-5-11(9)12/h2*3-10H,1-2H3;3-8H,1-2H3. The first-order valence-electron chi connectivity index (χ1n) is 15.5. The summed E-state index contributed by atoms with van der Waals surface area (Å²) in [4.78, 5) is 0. The largest absolute Gasteiger partial charge is 0.0616 e. The van der Waals surface area contributed by atoms with Gasteiger partial charge in [-0.25, -0.2) is 0 Å². The molecule has 44 heavy (non-hydrogen) atoms. The van der Waals surface area contributed by atoms with E-state index in [-0.39, 0.29) is 0 Å². The van der Waals surface area contributed by atoms with Gasteiger partial charge in [0.25, 0.3) is 0 Å². The Labute approximate surface area is 261 Å². The lowest BCUT2D eigenvalue weighted by atomic mass is 9.93. The molecule has 0 radical (unpaired) electrons. The maximum Gasteiger partial charge on any atom is -0.0146 e. The van der Waals surface area contributed by atoms with E-state index in [4.69, 9.17) is 0 Å². The fourth-order valence-corrected chi connectivity index (χ4v) is 6.73. The lowest BCUT2D eigenvalue weighted by Gasteiger charge is -2.11. The second-order valence-corrected chi connectivity index (χ2v) is 11.9. The smallest absolute Gasteiger partial charge is 0.0146 e. The highest BCUT2D eigenvalue weighted by molar-refractivity contribution is 6.06. The number of benzene rings is 8. The third kappa shape index (κ3) is 5.33. The minimum atomic E-state index is 1.36. The molecule has 0 aliphatic rings. The quantitative estimate of drug-likeness (QED) is 0.160. The van der Waals surface area contributed by atoms with Gasteiger partial charge in [0, 0.05) is 0 Å². The third-order valence-corrected chi connectivity index (χ3v) is 9.30. The highest BCUT2D eigenvalue weighted by Gasteiger charge is 2.08. The zero-order valence-corrected chi connectivity index (χ0v) is 26.7. The average Bonchev–Trinajstić information content (AvgIpc) is 3.08. The van der Waals surface area contributed by atoms with E-state index in [0.29, 0.717) is 0 Å². The number of aryl methyl sites for hydroxylation is 6. The first-order valence-corrected chi connectivity index (χ1v) is 15.5. The lowest BCUT2D eigenvalue weighted by Crippen LogP contribution is -1.87. The average molecular weight is 569 g/mol. The van der Waals surface area contributed by atoms with Crippen molar-refractivity contribution >= 4 is 53.9 Å². The third-order valence-electron chi connectivity index (χ3n) is 9.30. The van der Waals surface area contributed by atoms with Crippen LogP contribution >= 0.6 is 0 Å². The Hall–Kier alpha value is -4.94. The monoisotopic (exact) mass is 568 g/mol. The molecule has 0 saturated carbocycles. The highest BCUT2D eigenvalue weighted by Crippen LogP contribution is 2.32. The summed E-state index contributed by atoms with van der Waals surface area (Å²) in [5, 5.41) is 13.7. The van der Waals surface area contributed by atoms with Crippen LogP contribution in [0.1, 0.15) is 33.4 Å². The molecule has 0 aromatic heterocycles. The first kappa shape index (κ1) is 29.1. The molecule has 0 aliphatic heterocycles. The molecule has 0 bridgehead atoms. The summed E-state index contributed by atoms with van der Waals surface area (Å²) in [7, 11) is 0. The van der Waals surface area contributed by atoms with E-state index in [9.17, 15) is 0 Å². The van der Waals surface area contributed by atoms with E-state index in [1.807, 2.05) is 0 Å². The van der Waals surface area contributed by atoms with Crippen LogP contribution in [-0.2, 0) is 0 Å². The second-order valence-electron chi connectivity index (χ2n) is 11.9. The Bertz CT molecular complexity index is 1890. The molecule has 8 aromatic rings. The van der Waals surface area contributed by atoms with Gasteiger partial charge >= 0.3 is 0 Å². The van der Waals surface area contributed by atoms with E-state index in [1.165, 1.54) is 87.2 Å². The lowest BCUT2D eigenvalue weighted by molar-refractivity contribution is 1.46. The van der Waals surface area contributed by atoms with Crippen molar-refractivity contribution in [2.45, 2.75) is 41.5 Å². The summed E-state index contributed by atoms with van der Waals surface area (Å²) in [5.41, 5.74) is 8.26. The number of hydrogen-bond acceptors (Lipinski definition) is 0. The predicted molar refractivity (Wildman–Crippen MR) is 195 cm³/mol. The molecule has 0 heteroatoms. The van der Waals surface area contributed by atoms with Crippen molar-refractivity contribution in [1.82, 2.24) is 0 Å².